The predicted molar refractivity (Wildman–Crippen MR) is 100 cm³/mol. The van der Waals surface area contributed by atoms with Gasteiger partial charge in [0.05, 0.1) is 0 Å². The van der Waals surface area contributed by atoms with Gasteiger partial charge in [-0.1, -0.05) is 38.1 Å². The molecule has 1 heterocycles. The molecule has 130 valence electrons. The lowest BCUT2D eigenvalue weighted by Crippen LogP contribution is -2.44. The number of aryl methyl sites for hydroxylation is 2. The van der Waals surface area contributed by atoms with Crippen LogP contribution in [-0.2, 0) is 12.0 Å². The number of hydrogen-bond acceptors (Lipinski definition) is 2. The summed E-state index contributed by atoms with van der Waals surface area (Å²) in [6.45, 7) is 9.28. The highest BCUT2D eigenvalue weighted by atomic mass is 15.3. The van der Waals surface area contributed by atoms with Gasteiger partial charge < -0.3 is 10.6 Å². The van der Waals surface area contributed by atoms with Crippen molar-refractivity contribution in [3.8, 4) is 0 Å². The van der Waals surface area contributed by atoms with Gasteiger partial charge >= 0.3 is 0 Å². The zero-order valence-corrected chi connectivity index (χ0v) is 15.2. The highest BCUT2D eigenvalue weighted by Gasteiger charge is 2.22. The predicted octanol–water partition coefficient (Wildman–Crippen LogP) is 2.72. The first kappa shape index (κ1) is 18.0. The van der Waals surface area contributed by atoms with Gasteiger partial charge in [0, 0.05) is 44.5 Å². The topological polar surface area (TPSA) is 54.2 Å². The molecule has 5 nitrogen and oxygen atoms in total. The molecule has 0 saturated carbocycles. The molecule has 1 aromatic carbocycles. The first-order valence-electron chi connectivity index (χ1n) is 8.51. The van der Waals surface area contributed by atoms with Crippen molar-refractivity contribution in [2.24, 2.45) is 4.99 Å². The van der Waals surface area contributed by atoms with Crippen LogP contribution in [0, 0.1) is 6.92 Å². The Morgan fingerprint density at radius 3 is 2.67 bits per heavy atom. The quantitative estimate of drug-likeness (QED) is 0.467. The van der Waals surface area contributed by atoms with E-state index in [0.29, 0.717) is 0 Å². The first-order chi connectivity index (χ1) is 11.5. The molecule has 2 N–H and O–H groups in total. The number of aromatic nitrogens is 2. The molecule has 0 bridgehead atoms. The van der Waals surface area contributed by atoms with Crippen LogP contribution in [0.1, 0.15) is 31.4 Å². The molecular formula is C19H29N5. The molecule has 0 atom stereocenters. The number of aliphatic imine (C=N–C) groups is 1. The van der Waals surface area contributed by atoms with E-state index in [1.807, 2.05) is 30.2 Å². The number of nitrogens with zero attached hydrogens (tertiary/aromatic N) is 3. The zero-order valence-electron chi connectivity index (χ0n) is 15.2. The summed E-state index contributed by atoms with van der Waals surface area (Å²) in [6.07, 6.45) is 4.79. The Kier molecular flexibility index (Phi) is 6.41. The molecule has 0 spiro atoms. The van der Waals surface area contributed by atoms with E-state index in [1.54, 1.807) is 0 Å². The normalized spacial score (nSPS) is 12.2. The van der Waals surface area contributed by atoms with Gasteiger partial charge in [0.25, 0.3) is 0 Å². The highest BCUT2D eigenvalue weighted by Crippen LogP contribution is 2.25. The van der Waals surface area contributed by atoms with E-state index in [1.165, 1.54) is 11.1 Å². The SMILES string of the molecule is CN=C(NCCCn1cccn1)NCC(C)(C)c1ccccc1C. The number of benzene rings is 1. The molecular weight excluding hydrogens is 298 g/mol. The Hall–Kier alpha value is -2.30. The standard InChI is InChI=1S/C19H29N5/c1-16-9-5-6-10-17(16)19(2,3)15-22-18(20-4)21-11-7-13-24-14-8-12-23-24/h5-6,8-10,12,14H,7,11,13,15H2,1-4H3,(H2,20,21,22). The molecule has 5 heteroatoms. The van der Waals surface area contributed by atoms with E-state index >= 15 is 0 Å². The van der Waals surface area contributed by atoms with Crippen LogP contribution >= 0.6 is 0 Å². The second-order valence-electron chi connectivity index (χ2n) is 6.67. The van der Waals surface area contributed by atoms with Crippen molar-refractivity contribution in [2.45, 2.75) is 39.2 Å². The summed E-state index contributed by atoms with van der Waals surface area (Å²) in [5.74, 6) is 0.845. The van der Waals surface area contributed by atoms with E-state index < -0.39 is 0 Å². The minimum absolute atomic E-state index is 0.0397. The molecule has 2 aromatic rings. The Morgan fingerprint density at radius 2 is 2.00 bits per heavy atom. The molecule has 0 saturated heterocycles. The fraction of sp³-hybridized carbons (Fsp3) is 0.474. The smallest absolute Gasteiger partial charge is 0.191 e. The Labute approximate surface area is 145 Å². The zero-order chi connectivity index (χ0) is 17.4. The highest BCUT2D eigenvalue weighted by molar-refractivity contribution is 5.79. The van der Waals surface area contributed by atoms with Gasteiger partial charge in [-0.3, -0.25) is 9.67 Å². The largest absolute Gasteiger partial charge is 0.356 e. The Bertz CT molecular complexity index is 644. The third-order valence-electron chi connectivity index (χ3n) is 4.21. The molecule has 24 heavy (non-hydrogen) atoms. The van der Waals surface area contributed by atoms with Crippen LogP contribution in [0.25, 0.3) is 0 Å². The van der Waals surface area contributed by atoms with E-state index in [2.05, 4.69) is 65.8 Å². The summed E-state index contributed by atoms with van der Waals surface area (Å²) >= 11 is 0. The average molecular weight is 327 g/mol. The van der Waals surface area contributed by atoms with Gasteiger partial charge in [0.2, 0.25) is 0 Å². The Balaban J connectivity index is 1.79. The maximum absolute atomic E-state index is 4.31. The third-order valence-corrected chi connectivity index (χ3v) is 4.21. The van der Waals surface area contributed by atoms with Gasteiger partial charge in [-0.15, -0.1) is 0 Å². The van der Waals surface area contributed by atoms with Crippen molar-refractivity contribution in [3.05, 3.63) is 53.9 Å². The molecule has 0 unspecified atom stereocenters. The van der Waals surface area contributed by atoms with Gasteiger partial charge in [0.15, 0.2) is 5.96 Å². The first-order valence-corrected chi connectivity index (χ1v) is 8.51. The summed E-state index contributed by atoms with van der Waals surface area (Å²) in [5, 5.41) is 11.0. The van der Waals surface area contributed by atoms with Crippen LogP contribution in [-0.4, -0.2) is 35.9 Å². The summed E-state index contributed by atoms with van der Waals surface area (Å²) in [7, 11) is 1.81. The van der Waals surface area contributed by atoms with Gasteiger partial charge in [0.1, 0.15) is 0 Å². The van der Waals surface area contributed by atoms with E-state index in [-0.39, 0.29) is 5.41 Å². The maximum Gasteiger partial charge on any atom is 0.191 e. The fourth-order valence-corrected chi connectivity index (χ4v) is 2.83. The van der Waals surface area contributed by atoms with Gasteiger partial charge in [-0.2, -0.15) is 5.10 Å². The molecule has 0 aliphatic heterocycles. The number of guanidine groups is 1. The Morgan fingerprint density at radius 1 is 1.21 bits per heavy atom. The van der Waals surface area contributed by atoms with Gasteiger partial charge in [-0.25, -0.2) is 0 Å². The number of rotatable bonds is 7. The van der Waals surface area contributed by atoms with Crippen LogP contribution in [0.5, 0.6) is 0 Å². The van der Waals surface area contributed by atoms with E-state index in [9.17, 15) is 0 Å². The van der Waals surface area contributed by atoms with Crippen molar-refractivity contribution in [2.75, 3.05) is 20.1 Å². The summed E-state index contributed by atoms with van der Waals surface area (Å²) in [6, 6.07) is 10.5. The summed E-state index contributed by atoms with van der Waals surface area (Å²) in [4.78, 5) is 4.31. The molecule has 2 rings (SSSR count). The fourth-order valence-electron chi connectivity index (χ4n) is 2.83. The minimum atomic E-state index is 0.0397. The summed E-state index contributed by atoms with van der Waals surface area (Å²) < 4.78 is 1.94. The van der Waals surface area contributed by atoms with Gasteiger partial charge in [-0.05, 0) is 30.5 Å². The molecule has 0 fully saturated rings. The van der Waals surface area contributed by atoms with E-state index in [4.69, 9.17) is 0 Å². The van der Waals surface area contributed by atoms with Crippen LogP contribution < -0.4 is 10.6 Å². The van der Waals surface area contributed by atoms with Crippen molar-refractivity contribution in [1.82, 2.24) is 20.4 Å². The molecule has 1 aromatic heterocycles. The second kappa shape index (κ2) is 8.52. The second-order valence-corrected chi connectivity index (χ2v) is 6.67. The molecule has 0 radical (unpaired) electrons. The number of nitrogens with one attached hydrogen (secondary N) is 2. The van der Waals surface area contributed by atoms with Crippen molar-refractivity contribution >= 4 is 5.96 Å². The minimum Gasteiger partial charge on any atom is -0.356 e. The van der Waals surface area contributed by atoms with E-state index in [0.717, 1.165) is 32.0 Å². The van der Waals surface area contributed by atoms with Crippen LogP contribution in [0.4, 0.5) is 0 Å². The van der Waals surface area contributed by atoms with Crippen LogP contribution in [0.2, 0.25) is 0 Å². The molecule has 0 aliphatic carbocycles. The maximum atomic E-state index is 4.31. The van der Waals surface area contributed by atoms with Crippen molar-refractivity contribution in [1.29, 1.82) is 0 Å². The monoisotopic (exact) mass is 327 g/mol. The summed E-state index contributed by atoms with van der Waals surface area (Å²) in [5.41, 5.74) is 2.73. The lowest BCUT2D eigenvalue weighted by molar-refractivity contribution is 0.504. The molecule has 0 amide bonds. The van der Waals surface area contributed by atoms with Crippen molar-refractivity contribution < 1.29 is 0 Å². The number of hydrogen-bond donors (Lipinski definition) is 2. The lowest BCUT2D eigenvalue weighted by Gasteiger charge is -2.28. The van der Waals surface area contributed by atoms with Crippen LogP contribution in [0.15, 0.2) is 47.7 Å². The van der Waals surface area contributed by atoms with Crippen LogP contribution in [0.3, 0.4) is 0 Å². The average Bonchev–Trinajstić information content (AvgIpc) is 3.08. The lowest BCUT2D eigenvalue weighted by atomic mass is 9.82. The third kappa shape index (κ3) is 5.11. The molecule has 0 aliphatic rings. The van der Waals surface area contributed by atoms with Crippen molar-refractivity contribution in [3.63, 3.8) is 0 Å².